The number of likely N-dealkylation sites (N-methyl/N-ethyl adjacent to an activating group) is 1. The molecule has 0 aliphatic heterocycles. The molecule has 1 aromatic heterocycles. The highest BCUT2D eigenvalue weighted by atomic mass is 16.5. The number of rotatable bonds is 11. The lowest BCUT2D eigenvalue weighted by Gasteiger charge is -2.18. The van der Waals surface area contributed by atoms with Crippen LogP contribution in [-0.2, 0) is 4.74 Å². The highest BCUT2D eigenvalue weighted by Crippen LogP contribution is 2.22. The molecule has 0 saturated heterocycles. The molecule has 2 rings (SSSR count). The predicted octanol–water partition coefficient (Wildman–Crippen LogP) is 5.07. The van der Waals surface area contributed by atoms with E-state index in [1.165, 1.54) is 0 Å². The zero-order chi connectivity index (χ0) is 21.7. The number of nitrogens with zero attached hydrogens (tertiary/aromatic N) is 2. The summed E-state index contributed by atoms with van der Waals surface area (Å²) in [6, 6.07) is 12.0. The quantitative estimate of drug-likeness (QED) is 0.385. The second kappa shape index (κ2) is 12.8. The number of pyridine rings is 1. The van der Waals surface area contributed by atoms with Crippen LogP contribution in [0.1, 0.15) is 27.7 Å². The van der Waals surface area contributed by atoms with Crippen molar-refractivity contribution in [2.24, 2.45) is 5.41 Å². The van der Waals surface area contributed by atoms with Crippen LogP contribution in [0, 0.1) is 17.3 Å². The first kappa shape index (κ1) is 23.7. The van der Waals surface area contributed by atoms with E-state index < -0.39 is 0 Å². The lowest BCUT2D eigenvalue weighted by Crippen LogP contribution is -2.28. The van der Waals surface area contributed by atoms with Crippen molar-refractivity contribution in [2.45, 2.75) is 27.7 Å². The van der Waals surface area contributed by atoms with Gasteiger partial charge in [0.2, 0.25) is 0 Å². The Morgan fingerprint density at radius 1 is 1.07 bits per heavy atom. The third-order valence-electron chi connectivity index (χ3n) is 4.34. The van der Waals surface area contributed by atoms with Gasteiger partial charge in [0.05, 0.1) is 13.2 Å². The Morgan fingerprint density at radius 2 is 1.90 bits per heavy atom. The molecule has 4 nitrogen and oxygen atoms in total. The molecular weight excluding hydrogens is 372 g/mol. The smallest absolute Gasteiger partial charge is 0.120 e. The molecular formula is C26H34N2O2. The Morgan fingerprint density at radius 3 is 2.63 bits per heavy atom. The van der Waals surface area contributed by atoms with E-state index in [-0.39, 0.29) is 5.41 Å². The molecule has 0 N–H and O–H groups in total. The molecule has 1 aromatic carbocycles. The Bertz CT molecular complexity index is 829. The minimum absolute atomic E-state index is 0.0464. The Balaban J connectivity index is 1.64. The van der Waals surface area contributed by atoms with Crippen molar-refractivity contribution >= 4 is 0 Å². The van der Waals surface area contributed by atoms with Crippen molar-refractivity contribution < 1.29 is 9.47 Å². The van der Waals surface area contributed by atoms with Gasteiger partial charge in [0, 0.05) is 36.5 Å². The number of benzene rings is 1. The van der Waals surface area contributed by atoms with Gasteiger partial charge in [-0.1, -0.05) is 43.0 Å². The van der Waals surface area contributed by atoms with Crippen molar-refractivity contribution in [3.63, 3.8) is 0 Å². The molecule has 0 aliphatic carbocycles. The molecule has 0 aliphatic rings. The zero-order valence-corrected chi connectivity index (χ0v) is 18.7. The average Bonchev–Trinajstić information content (AvgIpc) is 2.74. The molecule has 2 aromatic rings. The molecule has 0 saturated carbocycles. The van der Waals surface area contributed by atoms with Gasteiger partial charge in [-0.2, -0.15) is 0 Å². The number of ether oxygens (including phenoxy) is 2. The zero-order valence-electron chi connectivity index (χ0n) is 18.7. The summed E-state index contributed by atoms with van der Waals surface area (Å²) < 4.78 is 11.6. The Hall–Kier alpha value is -2.61. The van der Waals surface area contributed by atoms with Crippen LogP contribution >= 0.6 is 0 Å². The standard InChI is InChI=1S/C26H34N2O2/c1-5-28(16-8-6-7-14-26(2,3)4)17-18-29-19-20-30-25-13-9-11-23(21-25)24-12-10-15-27-22-24/h6,8-13,15,21-22H,5,16-20H2,1-4H3/b8-6+. The first-order valence-electron chi connectivity index (χ1n) is 10.6. The minimum Gasteiger partial charge on any atom is -0.491 e. The maximum atomic E-state index is 5.84. The summed E-state index contributed by atoms with van der Waals surface area (Å²) in [5, 5.41) is 0. The van der Waals surface area contributed by atoms with Gasteiger partial charge < -0.3 is 9.47 Å². The van der Waals surface area contributed by atoms with E-state index in [2.05, 4.69) is 61.6 Å². The molecule has 0 amide bonds. The largest absolute Gasteiger partial charge is 0.491 e. The maximum Gasteiger partial charge on any atom is 0.120 e. The second-order valence-electron chi connectivity index (χ2n) is 8.05. The van der Waals surface area contributed by atoms with Crippen LogP contribution in [0.2, 0.25) is 0 Å². The summed E-state index contributed by atoms with van der Waals surface area (Å²) in [6.07, 6.45) is 7.69. The number of aromatic nitrogens is 1. The first-order chi connectivity index (χ1) is 14.5. The van der Waals surface area contributed by atoms with Crippen molar-refractivity contribution in [3.05, 3.63) is 60.9 Å². The monoisotopic (exact) mass is 406 g/mol. The third-order valence-corrected chi connectivity index (χ3v) is 4.34. The number of hydrogen-bond donors (Lipinski definition) is 0. The van der Waals surface area contributed by atoms with Crippen LogP contribution < -0.4 is 4.74 Å². The van der Waals surface area contributed by atoms with E-state index in [1.54, 1.807) is 6.20 Å². The first-order valence-corrected chi connectivity index (χ1v) is 10.6. The van der Waals surface area contributed by atoms with E-state index in [0.29, 0.717) is 19.8 Å². The summed E-state index contributed by atoms with van der Waals surface area (Å²) >= 11 is 0. The molecule has 0 bridgehead atoms. The molecule has 0 radical (unpaired) electrons. The summed E-state index contributed by atoms with van der Waals surface area (Å²) in [7, 11) is 0. The molecule has 1 heterocycles. The van der Waals surface area contributed by atoms with Crippen molar-refractivity contribution in [3.8, 4) is 28.7 Å². The lowest BCUT2D eigenvalue weighted by molar-refractivity contribution is 0.0832. The fourth-order valence-corrected chi connectivity index (χ4v) is 2.71. The molecule has 0 unspecified atom stereocenters. The fourth-order valence-electron chi connectivity index (χ4n) is 2.71. The van der Waals surface area contributed by atoms with Crippen LogP contribution in [-0.4, -0.2) is 49.3 Å². The number of hydrogen-bond acceptors (Lipinski definition) is 4. The van der Waals surface area contributed by atoms with Gasteiger partial charge in [0.15, 0.2) is 0 Å². The molecule has 4 heteroatoms. The van der Waals surface area contributed by atoms with Crippen molar-refractivity contribution in [1.82, 2.24) is 9.88 Å². The van der Waals surface area contributed by atoms with Gasteiger partial charge >= 0.3 is 0 Å². The van der Waals surface area contributed by atoms with E-state index in [9.17, 15) is 0 Å². The van der Waals surface area contributed by atoms with Crippen LogP contribution in [0.3, 0.4) is 0 Å². The minimum atomic E-state index is 0.0464. The van der Waals surface area contributed by atoms with Crippen molar-refractivity contribution in [1.29, 1.82) is 0 Å². The van der Waals surface area contributed by atoms with Gasteiger partial charge in [-0.25, -0.2) is 0 Å². The van der Waals surface area contributed by atoms with Gasteiger partial charge in [-0.15, -0.1) is 0 Å². The average molecular weight is 407 g/mol. The van der Waals surface area contributed by atoms with E-state index in [0.717, 1.165) is 36.5 Å². The Kier molecular flexibility index (Phi) is 10.1. The van der Waals surface area contributed by atoms with Crippen LogP contribution in [0.15, 0.2) is 60.9 Å². The predicted molar refractivity (Wildman–Crippen MR) is 124 cm³/mol. The van der Waals surface area contributed by atoms with Crippen LogP contribution in [0.5, 0.6) is 5.75 Å². The lowest BCUT2D eigenvalue weighted by atomic mass is 9.98. The molecule has 0 fully saturated rings. The SMILES string of the molecule is CCN(C/C=C/C#CC(C)(C)C)CCOCCOc1cccc(-c2cccnc2)c1. The summed E-state index contributed by atoms with van der Waals surface area (Å²) in [6.45, 7) is 13.1. The van der Waals surface area contributed by atoms with Crippen LogP contribution in [0.4, 0.5) is 0 Å². The molecule has 160 valence electrons. The van der Waals surface area contributed by atoms with E-state index >= 15 is 0 Å². The van der Waals surface area contributed by atoms with Gasteiger partial charge in [-0.3, -0.25) is 9.88 Å². The highest BCUT2D eigenvalue weighted by Gasteiger charge is 2.03. The maximum absolute atomic E-state index is 5.84. The summed E-state index contributed by atoms with van der Waals surface area (Å²) in [5.41, 5.74) is 2.22. The van der Waals surface area contributed by atoms with E-state index in [4.69, 9.17) is 9.47 Å². The van der Waals surface area contributed by atoms with Gasteiger partial charge in [0.25, 0.3) is 0 Å². The van der Waals surface area contributed by atoms with Crippen LogP contribution in [0.25, 0.3) is 11.1 Å². The normalized spacial score (nSPS) is 11.5. The topological polar surface area (TPSA) is 34.6 Å². The second-order valence-corrected chi connectivity index (χ2v) is 8.05. The summed E-state index contributed by atoms with van der Waals surface area (Å²) in [4.78, 5) is 6.50. The number of allylic oxidation sites excluding steroid dienone is 1. The summed E-state index contributed by atoms with van der Waals surface area (Å²) in [5.74, 6) is 7.16. The molecule has 0 spiro atoms. The van der Waals surface area contributed by atoms with Gasteiger partial charge in [0.1, 0.15) is 12.4 Å². The molecule has 0 atom stereocenters. The van der Waals surface area contributed by atoms with E-state index in [1.807, 2.05) is 42.6 Å². The Labute approximate surface area is 181 Å². The highest BCUT2D eigenvalue weighted by molar-refractivity contribution is 5.63. The molecule has 30 heavy (non-hydrogen) atoms. The van der Waals surface area contributed by atoms with Gasteiger partial charge in [-0.05, 0) is 57.2 Å². The van der Waals surface area contributed by atoms with Crippen molar-refractivity contribution in [2.75, 3.05) is 39.5 Å². The third kappa shape index (κ3) is 9.73. The fraction of sp³-hybridized carbons (Fsp3) is 0.423.